The average Bonchev–Trinajstić information content (AvgIpc) is 2.27. The normalized spacial score (nSPS) is 9.69. The fourth-order valence-corrected chi connectivity index (χ4v) is 1.20. The Labute approximate surface area is 94.0 Å². The molecule has 0 radical (unpaired) electrons. The summed E-state index contributed by atoms with van der Waals surface area (Å²) in [6, 6.07) is 5.42. The van der Waals surface area contributed by atoms with E-state index in [9.17, 15) is 4.79 Å². The second-order valence-electron chi connectivity index (χ2n) is 3.19. The summed E-state index contributed by atoms with van der Waals surface area (Å²) >= 11 is 0. The molecular formula is C11H15NO4. The first kappa shape index (κ1) is 12.3. The van der Waals surface area contributed by atoms with Crippen molar-refractivity contribution in [2.75, 3.05) is 25.6 Å². The zero-order valence-corrected chi connectivity index (χ0v) is 9.32. The third-order valence-electron chi connectivity index (χ3n) is 1.92. The van der Waals surface area contributed by atoms with Crippen LogP contribution in [-0.4, -0.2) is 31.5 Å². The van der Waals surface area contributed by atoms with Gasteiger partial charge in [0, 0.05) is 0 Å². The number of nitrogens with one attached hydrogen (secondary N) is 1. The summed E-state index contributed by atoms with van der Waals surface area (Å²) in [6.45, 7) is 1.68. The fourth-order valence-electron chi connectivity index (χ4n) is 1.20. The van der Waals surface area contributed by atoms with E-state index >= 15 is 0 Å². The number of aliphatic hydroxyl groups is 1. The van der Waals surface area contributed by atoms with E-state index in [1.807, 2.05) is 13.0 Å². The van der Waals surface area contributed by atoms with Crippen LogP contribution in [0.25, 0.3) is 0 Å². The Balaban J connectivity index is 2.71. The van der Waals surface area contributed by atoms with Crippen molar-refractivity contribution in [3.05, 3.63) is 23.8 Å². The van der Waals surface area contributed by atoms with Crippen LogP contribution < -0.4 is 10.1 Å². The predicted molar refractivity (Wildman–Crippen MR) is 59.8 cm³/mol. The van der Waals surface area contributed by atoms with Gasteiger partial charge in [-0.15, -0.1) is 0 Å². The van der Waals surface area contributed by atoms with Crippen LogP contribution in [0.1, 0.15) is 5.56 Å². The highest BCUT2D eigenvalue weighted by molar-refractivity contribution is 5.86. The molecule has 5 nitrogen and oxygen atoms in total. The molecule has 0 saturated carbocycles. The summed E-state index contributed by atoms with van der Waals surface area (Å²) < 4.78 is 9.76. The molecule has 0 bridgehead atoms. The lowest BCUT2D eigenvalue weighted by Gasteiger charge is -2.10. The minimum atomic E-state index is -0.613. The maximum atomic E-state index is 11.3. The number of hydrogen-bond acceptors (Lipinski definition) is 4. The number of carbonyl (C=O) groups is 1. The number of carbonyl (C=O) groups excluding carboxylic acids is 1. The van der Waals surface area contributed by atoms with E-state index in [-0.39, 0.29) is 13.2 Å². The third-order valence-corrected chi connectivity index (χ3v) is 1.92. The molecule has 0 aliphatic carbocycles. The molecule has 0 atom stereocenters. The summed E-state index contributed by atoms with van der Waals surface area (Å²) in [5.74, 6) is 0.562. The number of aliphatic hydroxyl groups excluding tert-OH is 1. The lowest BCUT2D eigenvalue weighted by molar-refractivity contribution is 0.131. The molecule has 0 saturated heterocycles. The third kappa shape index (κ3) is 3.43. The first-order valence-electron chi connectivity index (χ1n) is 4.86. The smallest absolute Gasteiger partial charge is 0.411 e. The molecule has 0 heterocycles. The molecule has 2 N–H and O–H groups in total. The van der Waals surface area contributed by atoms with E-state index in [1.54, 1.807) is 12.1 Å². The van der Waals surface area contributed by atoms with Gasteiger partial charge in [-0.1, -0.05) is 6.07 Å². The SMILES string of the molecule is COc1ccc(C)cc1NC(=O)OCCO. The zero-order valence-electron chi connectivity index (χ0n) is 9.32. The minimum absolute atomic E-state index is 0.0278. The fraction of sp³-hybridized carbons (Fsp3) is 0.364. The van der Waals surface area contributed by atoms with Gasteiger partial charge in [0.1, 0.15) is 12.4 Å². The van der Waals surface area contributed by atoms with E-state index in [2.05, 4.69) is 10.1 Å². The van der Waals surface area contributed by atoms with Gasteiger partial charge in [-0.2, -0.15) is 0 Å². The summed E-state index contributed by atoms with van der Waals surface area (Å²) in [6.07, 6.45) is -0.613. The number of anilines is 1. The van der Waals surface area contributed by atoms with Crippen LogP contribution in [0.15, 0.2) is 18.2 Å². The first-order chi connectivity index (χ1) is 7.67. The standard InChI is InChI=1S/C11H15NO4/c1-8-3-4-10(15-2)9(7-8)12-11(14)16-6-5-13/h3-4,7,13H,5-6H2,1-2H3,(H,12,14). The number of methoxy groups -OCH3 is 1. The van der Waals surface area contributed by atoms with Crippen molar-refractivity contribution >= 4 is 11.8 Å². The number of rotatable bonds is 4. The summed E-state index contributed by atoms with van der Waals surface area (Å²) in [5.41, 5.74) is 1.55. The molecule has 0 aromatic heterocycles. The van der Waals surface area contributed by atoms with Gasteiger partial charge in [0.2, 0.25) is 0 Å². The van der Waals surface area contributed by atoms with Gasteiger partial charge in [-0.05, 0) is 24.6 Å². The van der Waals surface area contributed by atoms with Crippen molar-refractivity contribution in [2.45, 2.75) is 6.92 Å². The first-order valence-corrected chi connectivity index (χ1v) is 4.86. The van der Waals surface area contributed by atoms with E-state index < -0.39 is 6.09 Å². The van der Waals surface area contributed by atoms with Crippen LogP contribution in [0, 0.1) is 6.92 Å². The molecule has 0 unspecified atom stereocenters. The molecule has 1 rings (SSSR count). The molecule has 1 aromatic carbocycles. The van der Waals surface area contributed by atoms with E-state index in [4.69, 9.17) is 9.84 Å². The maximum absolute atomic E-state index is 11.3. The van der Waals surface area contributed by atoms with Crippen LogP contribution in [0.2, 0.25) is 0 Å². The van der Waals surface area contributed by atoms with Gasteiger partial charge in [-0.3, -0.25) is 5.32 Å². The van der Waals surface area contributed by atoms with Crippen molar-refractivity contribution in [1.29, 1.82) is 0 Å². The Morgan fingerprint density at radius 1 is 1.50 bits per heavy atom. The lowest BCUT2D eigenvalue weighted by Crippen LogP contribution is -2.16. The molecule has 1 amide bonds. The van der Waals surface area contributed by atoms with Crippen LogP contribution in [0.5, 0.6) is 5.75 Å². The second-order valence-corrected chi connectivity index (χ2v) is 3.19. The Morgan fingerprint density at radius 2 is 2.25 bits per heavy atom. The molecule has 0 fully saturated rings. The predicted octanol–water partition coefficient (Wildman–Crippen LogP) is 1.54. The van der Waals surface area contributed by atoms with Crippen molar-refractivity contribution in [3.8, 4) is 5.75 Å². The summed E-state index contributed by atoms with van der Waals surface area (Å²) in [5, 5.41) is 11.0. The van der Waals surface area contributed by atoms with Crippen LogP contribution in [0.3, 0.4) is 0 Å². The van der Waals surface area contributed by atoms with Gasteiger partial charge in [0.05, 0.1) is 19.4 Å². The Kier molecular flexibility index (Phi) is 4.60. The summed E-state index contributed by atoms with van der Waals surface area (Å²) in [4.78, 5) is 11.3. The second kappa shape index (κ2) is 5.97. The van der Waals surface area contributed by atoms with E-state index in [0.717, 1.165) is 5.56 Å². The molecule has 1 aromatic rings. The molecule has 0 aliphatic heterocycles. The van der Waals surface area contributed by atoms with E-state index in [1.165, 1.54) is 7.11 Å². The molecule has 0 spiro atoms. The van der Waals surface area contributed by atoms with Gasteiger partial charge in [0.25, 0.3) is 0 Å². The highest BCUT2D eigenvalue weighted by atomic mass is 16.6. The minimum Gasteiger partial charge on any atom is -0.495 e. The Morgan fingerprint density at radius 3 is 2.88 bits per heavy atom. The molecule has 0 aliphatic rings. The zero-order chi connectivity index (χ0) is 12.0. The molecule has 5 heteroatoms. The quantitative estimate of drug-likeness (QED) is 0.815. The van der Waals surface area contributed by atoms with Gasteiger partial charge >= 0.3 is 6.09 Å². The van der Waals surface area contributed by atoms with Crippen molar-refractivity contribution < 1.29 is 19.4 Å². The highest BCUT2D eigenvalue weighted by Gasteiger charge is 2.07. The number of aryl methyl sites for hydroxylation is 1. The molecule has 16 heavy (non-hydrogen) atoms. The number of benzene rings is 1. The Bertz CT molecular complexity index is 365. The van der Waals surface area contributed by atoms with Crippen LogP contribution in [0.4, 0.5) is 10.5 Å². The monoisotopic (exact) mass is 225 g/mol. The van der Waals surface area contributed by atoms with Gasteiger partial charge < -0.3 is 14.6 Å². The van der Waals surface area contributed by atoms with Gasteiger partial charge in [-0.25, -0.2) is 4.79 Å². The number of amides is 1. The maximum Gasteiger partial charge on any atom is 0.411 e. The van der Waals surface area contributed by atoms with E-state index in [0.29, 0.717) is 11.4 Å². The number of hydrogen-bond donors (Lipinski definition) is 2. The van der Waals surface area contributed by atoms with Gasteiger partial charge in [0.15, 0.2) is 0 Å². The van der Waals surface area contributed by atoms with Crippen molar-refractivity contribution in [1.82, 2.24) is 0 Å². The van der Waals surface area contributed by atoms with Crippen LogP contribution in [-0.2, 0) is 4.74 Å². The molecule has 88 valence electrons. The van der Waals surface area contributed by atoms with Crippen LogP contribution >= 0.6 is 0 Å². The lowest BCUT2D eigenvalue weighted by atomic mass is 10.2. The topological polar surface area (TPSA) is 67.8 Å². The highest BCUT2D eigenvalue weighted by Crippen LogP contribution is 2.25. The number of ether oxygens (including phenoxy) is 2. The van der Waals surface area contributed by atoms with Crippen molar-refractivity contribution in [3.63, 3.8) is 0 Å². The average molecular weight is 225 g/mol. The molecular weight excluding hydrogens is 210 g/mol. The Hall–Kier alpha value is -1.75. The largest absolute Gasteiger partial charge is 0.495 e. The summed E-state index contributed by atoms with van der Waals surface area (Å²) in [7, 11) is 1.52. The van der Waals surface area contributed by atoms with Crippen molar-refractivity contribution in [2.24, 2.45) is 0 Å².